The molecule has 1 rings (SSSR count). The van der Waals surface area contributed by atoms with E-state index in [0.717, 1.165) is 0 Å². The molecule has 0 saturated carbocycles. The highest BCUT2D eigenvalue weighted by Gasteiger charge is 1.89. The third-order valence-electron chi connectivity index (χ3n) is 1.37. The minimum absolute atomic E-state index is 0.0185. The Bertz CT molecular complexity index is 246. The Hall–Kier alpha value is -1.63. The molecular formula is C12H14O. The maximum atomic E-state index is 10.2. The minimum atomic E-state index is -0.0185. The summed E-state index contributed by atoms with van der Waals surface area (Å²) < 4.78 is 0. The van der Waals surface area contributed by atoms with Crippen molar-refractivity contribution in [1.29, 1.82) is 0 Å². The topological polar surface area (TPSA) is 17.1 Å². The van der Waals surface area contributed by atoms with E-state index < -0.39 is 0 Å². The molecule has 0 amide bonds. The third kappa shape index (κ3) is 6.76. The van der Waals surface area contributed by atoms with Gasteiger partial charge < -0.3 is 0 Å². The maximum Gasteiger partial charge on any atom is 0.159 e. The number of rotatable bonds is 2. The molecule has 0 saturated heterocycles. The molecule has 0 fully saturated rings. The van der Waals surface area contributed by atoms with Gasteiger partial charge in [-0.1, -0.05) is 55.6 Å². The molecule has 13 heavy (non-hydrogen) atoms. The summed E-state index contributed by atoms with van der Waals surface area (Å²) >= 11 is 0. The predicted octanol–water partition coefficient (Wildman–Crippen LogP) is 3.00. The molecular weight excluding hydrogens is 160 g/mol. The molecule has 68 valence electrons. The average Bonchev–Trinajstić information content (AvgIpc) is 2.20. The van der Waals surface area contributed by atoms with Crippen LogP contribution in [0.2, 0.25) is 0 Å². The van der Waals surface area contributed by atoms with Crippen LogP contribution in [-0.4, -0.2) is 5.78 Å². The van der Waals surface area contributed by atoms with E-state index in [-0.39, 0.29) is 5.78 Å². The van der Waals surface area contributed by atoms with Crippen LogP contribution in [-0.2, 0) is 4.79 Å². The van der Waals surface area contributed by atoms with Crippen molar-refractivity contribution in [3.8, 4) is 0 Å². The molecule has 1 nitrogen and oxygen atoms in total. The quantitative estimate of drug-likeness (QED) is 0.497. The van der Waals surface area contributed by atoms with Crippen molar-refractivity contribution in [3.63, 3.8) is 0 Å². The van der Waals surface area contributed by atoms with Crippen LogP contribution >= 0.6 is 0 Å². The van der Waals surface area contributed by atoms with Gasteiger partial charge in [0, 0.05) is 5.57 Å². The zero-order chi connectivity index (χ0) is 10.1. The Labute approximate surface area is 79.4 Å². The van der Waals surface area contributed by atoms with Crippen molar-refractivity contribution < 1.29 is 4.79 Å². The number of hydrogen-bond donors (Lipinski definition) is 0. The first-order valence-electron chi connectivity index (χ1n) is 4.00. The van der Waals surface area contributed by atoms with Gasteiger partial charge in [0.15, 0.2) is 5.78 Å². The summed E-state index contributed by atoms with van der Waals surface area (Å²) in [5, 5.41) is 0. The molecule has 0 aliphatic carbocycles. The fourth-order valence-electron chi connectivity index (χ4n) is 0.529. The highest BCUT2D eigenvalue weighted by atomic mass is 16.1. The molecule has 0 heterocycles. The van der Waals surface area contributed by atoms with Crippen molar-refractivity contribution in [1.82, 2.24) is 0 Å². The SMILES string of the molecule is C=CC(=C)C(C)=O.c1ccccc1. The zero-order valence-electron chi connectivity index (χ0n) is 7.86. The second-order valence-corrected chi connectivity index (χ2v) is 2.44. The molecule has 0 bridgehead atoms. The fraction of sp³-hybridized carbons (Fsp3) is 0.0833. The van der Waals surface area contributed by atoms with Crippen LogP contribution in [0.15, 0.2) is 61.2 Å². The summed E-state index contributed by atoms with van der Waals surface area (Å²) in [5.74, 6) is -0.0185. The van der Waals surface area contributed by atoms with E-state index in [2.05, 4.69) is 13.2 Å². The van der Waals surface area contributed by atoms with Crippen LogP contribution in [0.3, 0.4) is 0 Å². The average molecular weight is 174 g/mol. The highest BCUT2D eigenvalue weighted by molar-refractivity contribution is 5.95. The van der Waals surface area contributed by atoms with Crippen LogP contribution in [0.4, 0.5) is 0 Å². The van der Waals surface area contributed by atoms with Crippen molar-refractivity contribution in [2.45, 2.75) is 6.92 Å². The van der Waals surface area contributed by atoms with Gasteiger partial charge in [0.05, 0.1) is 0 Å². The number of benzene rings is 1. The first-order valence-corrected chi connectivity index (χ1v) is 4.00. The molecule has 0 unspecified atom stereocenters. The van der Waals surface area contributed by atoms with Gasteiger partial charge in [0.25, 0.3) is 0 Å². The normalized spacial score (nSPS) is 7.77. The highest BCUT2D eigenvalue weighted by Crippen LogP contribution is 1.89. The van der Waals surface area contributed by atoms with Crippen molar-refractivity contribution >= 4 is 5.78 Å². The molecule has 0 radical (unpaired) electrons. The predicted molar refractivity (Wildman–Crippen MR) is 56.5 cm³/mol. The summed E-state index contributed by atoms with van der Waals surface area (Å²) in [4.78, 5) is 10.2. The Kier molecular flexibility index (Phi) is 6.16. The van der Waals surface area contributed by atoms with E-state index in [1.54, 1.807) is 0 Å². The Morgan fingerprint density at radius 2 is 1.38 bits per heavy atom. The number of Topliss-reactive ketones (excluding diaryl/α,β-unsaturated/α-hetero) is 1. The summed E-state index contributed by atoms with van der Waals surface area (Å²) in [7, 11) is 0. The van der Waals surface area contributed by atoms with Gasteiger partial charge >= 0.3 is 0 Å². The molecule has 1 aromatic rings. The van der Waals surface area contributed by atoms with E-state index in [1.165, 1.54) is 13.0 Å². The van der Waals surface area contributed by atoms with E-state index in [4.69, 9.17) is 0 Å². The number of allylic oxidation sites excluding steroid dienone is 2. The fourth-order valence-corrected chi connectivity index (χ4v) is 0.529. The second-order valence-electron chi connectivity index (χ2n) is 2.44. The monoisotopic (exact) mass is 174 g/mol. The lowest BCUT2D eigenvalue weighted by Crippen LogP contribution is -1.88. The Morgan fingerprint density at radius 1 is 1.08 bits per heavy atom. The molecule has 1 heteroatoms. The first-order chi connectivity index (χ1) is 6.18. The summed E-state index contributed by atoms with van der Waals surface area (Å²) in [5.41, 5.74) is 0.472. The molecule has 0 atom stereocenters. The van der Waals surface area contributed by atoms with Gasteiger partial charge in [-0.05, 0) is 6.92 Å². The molecule has 0 aromatic heterocycles. The minimum Gasteiger partial charge on any atom is -0.295 e. The molecule has 0 aliphatic heterocycles. The van der Waals surface area contributed by atoms with Crippen LogP contribution in [0, 0.1) is 0 Å². The van der Waals surface area contributed by atoms with Gasteiger partial charge in [-0.25, -0.2) is 0 Å². The number of hydrogen-bond acceptors (Lipinski definition) is 1. The molecule has 0 spiro atoms. The van der Waals surface area contributed by atoms with Gasteiger partial charge in [-0.15, -0.1) is 0 Å². The van der Waals surface area contributed by atoms with E-state index >= 15 is 0 Å². The lowest BCUT2D eigenvalue weighted by atomic mass is 10.2. The summed E-state index contributed by atoms with van der Waals surface area (Å²) in [6.45, 7) is 8.23. The van der Waals surface area contributed by atoms with Gasteiger partial charge in [0.1, 0.15) is 0 Å². The van der Waals surface area contributed by atoms with Crippen molar-refractivity contribution in [3.05, 3.63) is 61.2 Å². The van der Waals surface area contributed by atoms with Crippen LogP contribution < -0.4 is 0 Å². The van der Waals surface area contributed by atoms with Crippen LogP contribution in [0.25, 0.3) is 0 Å². The summed E-state index contributed by atoms with van der Waals surface area (Å²) in [6.07, 6.45) is 1.45. The van der Waals surface area contributed by atoms with Crippen molar-refractivity contribution in [2.24, 2.45) is 0 Å². The standard InChI is InChI=1S/C6H8O.C6H6/c1-4-5(2)6(3)7;1-2-4-6-5-3-1/h4H,1-2H2,3H3;1-6H. The molecule has 1 aromatic carbocycles. The molecule has 0 aliphatic rings. The Morgan fingerprint density at radius 3 is 1.46 bits per heavy atom. The van der Waals surface area contributed by atoms with E-state index in [0.29, 0.717) is 5.57 Å². The van der Waals surface area contributed by atoms with Gasteiger partial charge in [0.2, 0.25) is 0 Å². The smallest absolute Gasteiger partial charge is 0.159 e. The lowest BCUT2D eigenvalue weighted by molar-refractivity contribution is -0.113. The number of carbonyl (C=O) groups is 1. The maximum absolute atomic E-state index is 10.2. The van der Waals surface area contributed by atoms with Gasteiger partial charge in [-0.2, -0.15) is 0 Å². The van der Waals surface area contributed by atoms with Crippen LogP contribution in [0.1, 0.15) is 6.92 Å². The Balaban J connectivity index is 0.000000223. The molecule has 0 N–H and O–H groups in total. The number of ketones is 1. The van der Waals surface area contributed by atoms with Crippen molar-refractivity contribution in [2.75, 3.05) is 0 Å². The van der Waals surface area contributed by atoms with E-state index in [9.17, 15) is 4.79 Å². The van der Waals surface area contributed by atoms with Crippen LogP contribution in [0.5, 0.6) is 0 Å². The second kappa shape index (κ2) is 7.04. The van der Waals surface area contributed by atoms with E-state index in [1.807, 2.05) is 36.4 Å². The van der Waals surface area contributed by atoms with Gasteiger partial charge in [-0.3, -0.25) is 4.79 Å². The third-order valence-corrected chi connectivity index (χ3v) is 1.37. The first kappa shape index (κ1) is 11.4. The summed E-state index contributed by atoms with van der Waals surface area (Å²) in [6, 6.07) is 12.0. The number of carbonyl (C=O) groups excluding carboxylic acids is 1. The zero-order valence-corrected chi connectivity index (χ0v) is 7.86. The largest absolute Gasteiger partial charge is 0.295 e. The lowest BCUT2D eigenvalue weighted by Gasteiger charge is -1.84.